The molecule has 7 heteroatoms. The van der Waals surface area contributed by atoms with Crippen molar-refractivity contribution in [1.82, 2.24) is 10.0 Å². The lowest BCUT2D eigenvalue weighted by Gasteiger charge is -2.10. The predicted octanol–water partition coefficient (Wildman–Crippen LogP) is 0.0644. The predicted molar refractivity (Wildman–Crippen MR) is 77.8 cm³/mol. The molecular weight excluding hydrogens is 278 g/mol. The van der Waals surface area contributed by atoms with Gasteiger partial charge in [-0.15, -0.1) is 6.42 Å². The maximum Gasteiger partial charge on any atom is 0.240 e. The summed E-state index contributed by atoms with van der Waals surface area (Å²) in [6.07, 6.45) is 5.05. The van der Waals surface area contributed by atoms with Gasteiger partial charge in [0.05, 0.1) is 18.0 Å². The van der Waals surface area contributed by atoms with Crippen molar-refractivity contribution in [1.29, 1.82) is 0 Å². The summed E-state index contributed by atoms with van der Waals surface area (Å²) in [4.78, 5) is 11.7. The van der Waals surface area contributed by atoms with Crippen LogP contribution >= 0.6 is 0 Å². The minimum absolute atomic E-state index is 0.0617. The molecule has 6 nitrogen and oxygen atoms in total. The number of nitrogens with one attached hydrogen (secondary N) is 3. The van der Waals surface area contributed by atoms with E-state index in [0.29, 0.717) is 17.8 Å². The van der Waals surface area contributed by atoms with E-state index in [-0.39, 0.29) is 17.3 Å². The van der Waals surface area contributed by atoms with Crippen LogP contribution in [0.4, 0.5) is 5.69 Å². The number of sulfonamides is 1. The van der Waals surface area contributed by atoms with Crippen LogP contribution in [0.15, 0.2) is 23.1 Å². The Kier molecular flexibility index (Phi) is 5.70. The van der Waals surface area contributed by atoms with Crippen molar-refractivity contribution in [3.63, 3.8) is 0 Å². The Balaban J connectivity index is 2.86. The number of amides is 1. The van der Waals surface area contributed by atoms with Gasteiger partial charge in [0.25, 0.3) is 0 Å². The number of carbonyl (C=O) groups is 1. The minimum Gasteiger partial charge on any atom is -0.325 e. The molecule has 0 unspecified atom stereocenters. The molecule has 1 aromatic rings. The maximum absolute atomic E-state index is 11.8. The average molecular weight is 295 g/mol. The Morgan fingerprint density at radius 3 is 2.70 bits per heavy atom. The molecule has 20 heavy (non-hydrogen) atoms. The van der Waals surface area contributed by atoms with Crippen LogP contribution in [0.25, 0.3) is 0 Å². The number of anilines is 1. The first-order valence-electron chi connectivity index (χ1n) is 5.89. The van der Waals surface area contributed by atoms with Crippen molar-refractivity contribution >= 4 is 21.6 Å². The van der Waals surface area contributed by atoms with E-state index in [1.54, 1.807) is 19.1 Å². The second-order valence-corrected chi connectivity index (χ2v) is 5.90. The van der Waals surface area contributed by atoms with Crippen LogP contribution in [0.1, 0.15) is 5.56 Å². The molecule has 0 atom stereocenters. The first kappa shape index (κ1) is 16.2. The highest BCUT2D eigenvalue weighted by Crippen LogP contribution is 2.19. The second-order valence-electron chi connectivity index (χ2n) is 4.04. The quantitative estimate of drug-likeness (QED) is 0.512. The summed E-state index contributed by atoms with van der Waals surface area (Å²) in [6.45, 7) is 2.04. The smallest absolute Gasteiger partial charge is 0.240 e. The van der Waals surface area contributed by atoms with Gasteiger partial charge in [-0.2, -0.15) is 0 Å². The summed E-state index contributed by atoms with van der Waals surface area (Å²) in [7, 11) is -2.21. The third-order valence-corrected chi connectivity index (χ3v) is 4.10. The van der Waals surface area contributed by atoms with Gasteiger partial charge >= 0.3 is 0 Å². The van der Waals surface area contributed by atoms with Gasteiger partial charge in [-0.25, -0.2) is 13.1 Å². The molecule has 0 saturated carbocycles. The molecule has 1 rings (SSSR count). The molecule has 0 spiro atoms. The van der Waals surface area contributed by atoms with Crippen LogP contribution in [0.2, 0.25) is 0 Å². The molecular formula is C13H17N3O3S. The molecule has 0 saturated heterocycles. The number of hydrogen-bond donors (Lipinski definition) is 3. The van der Waals surface area contributed by atoms with Gasteiger partial charge in [0.15, 0.2) is 0 Å². The third-order valence-electron chi connectivity index (χ3n) is 2.54. The van der Waals surface area contributed by atoms with Gasteiger partial charge in [0.2, 0.25) is 15.9 Å². The first-order valence-corrected chi connectivity index (χ1v) is 7.37. The summed E-state index contributed by atoms with van der Waals surface area (Å²) in [6, 6.07) is 4.69. The van der Waals surface area contributed by atoms with Gasteiger partial charge in [-0.3, -0.25) is 10.1 Å². The summed E-state index contributed by atoms with van der Waals surface area (Å²) < 4.78 is 25.9. The van der Waals surface area contributed by atoms with Crippen molar-refractivity contribution in [2.75, 3.05) is 25.5 Å². The molecule has 1 amide bonds. The molecule has 0 fully saturated rings. The lowest BCUT2D eigenvalue weighted by atomic mass is 10.2. The van der Waals surface area contributed by atoms with E-state index in [1.165, 1.54) is 13.1 Å². The summed E-state index contributed by atoms with van der Waals surface area (Å²) in [5.41, 5.74) is 1.01. The molecule has 0 aromatic heterocycles. The standard InChI is InChI=1S/C13H17N3O3S/c1-4-7-15-9-13(17)16-11-6-5-10(2)12(8-11)20(18,19)14-3/h1,5-6,8,14-15H,7,9H2,2-3H3,(H,16,17). The van der Waals surface area contributed by atoms with E-state index in [0.717, 1.165) is 0 Å². The van der Waals surface area contributed by atoms with Crippen molar-refractivity contribution < 1.29 is 13.2 Å². The highest BCUT2D eigenvalue weighted by Gasteiger charge is 2.15. The van der Waals surface area contributed by atoms with Gasteiger partial charge in [-0.1, -0.05) is 12.0 Å². The van der Waals surface area contributed by atoms with Crippen molar-refractivity contribution in [2.45, 2.75) is 11.8 Å². The molecule has 108 valence electrons. The number of rotatable bonds is 6. The Morgan fingerprint density at radius 2 is 2.10 bits per heavy atom. The minimum atomic E-state index is -3.55. The fraction of sp³-hybridized carbons (Fsp3) is 0.308. The molecule has 0 aliphatic heterocycles. The van der Waals surface area contributed by atoms with Crippen LogP contribution in [-0.4, -0.2) is 34.5 Å². The SMILES string of the molecule is C#CCNCC(=O)Nc1ccc(C)c(S(=O)(=O)NC)c1. The molecule has 0 bridgehead atoms. The van der Waals surface area contributed by atoms with E-state index in [9.17, 15) is 13.2 Å². The monoisotopic (exact) mass is 295 g/mol. The molecule has 0 aliphatic carbocycles. The first-order chi connectivity index (χ1) is 9.40. The second kappa shape index (κ2) is 7.05. The lowest BCUT2D eigenvalue weighted by molar-refractivity contribution is -0.115. The summed E-state index contributed by atoms with van der Waals surface area (Å²) >= 11 is 0. The normalized spacial score (nSPS) is 10.8. The average Bonchev–Trinajstić information content (AvgIpc) is 2.41. The fourth-order valence-corrected chi connectivity index (χ4v) is 2.52. The third kappa shape index (κ3) is 4.35. The number of terminal acetylenes is 1. The van der Waals surface area contributed by atoms with E-state index < -0.39 is 10.0 Å². The summed E-state index contributed by atoms with van der Waals surface area (Å²) in [5.74, 6) is 2.06. The van der Waals surface area contributed by atoms with E-state index in [1.807, 2.05) is 0 Å². The van der Waals surface area contributed by atoms with E-state index >= 15 is 0 Å². The van der Waals surface area contributed by atoms with Crippen LogP contribution in [0, 0.1) is 19.3 Å². The zero-order valence-electron chi connectivity index (χ0n) is 11.4. The van der Waals surface area contributed by atoms with Crippen molar-refractivity contribution in [3.8, 4) is 12.3 Å². The lowest BCUT2D eigenvalue weighted by Crippen LogP contribution is -2.28. The largest absolute Gasteiger partial charge is 0.325 e. The Labute approximate surface area is 119 Å². The molecule has 0 aliphatic rings. The van der Waals surface area contributed by atoms with Gasteiger partial charge < -0.3 is 5.32 Å². The van der Waals surface area contributed by atoms with Crippen molar-refractivity contribution in [2.24, 2.45) is 0 Å². The van der Waals surface area contributed by atoms with E-state index in [4.69, 9.17) is 6.42 Å². The van der Waals surface area contributed by atoms with E-state index in [2.05, 4.69) is 21.3 Å². The zero-order chi connectivity index (χ0) is 15.2. The number of hydrogen-bond acceptors (Lipinski definition) is 4. The Morgan fingerprint density at radius 1 is 1.40 bits per heavy atom. The zero-order valence-corrected chi connectivity index (χ0v) is 12.2. The summed E-state index contributed by atoms with van der Waals surface area (Å²) in [5, 5.41) is 5.35. The number of carbonyl (C=O) groups excluding carboxylic acids is 1. The molecule has 1 aromatic carbocycles. The number of benzene rings is 1. The highest BCUT2D eigenvalue weighted by atomic mass is 32.2. The van der Waals surface area contributed by atoms with Crippen LogP contribution in [0.3, 0.4) is 0 Å². The molecule has 0 heterocycles. The van der Waals surface area contributed by atoms with Crippen molar-refractivity contribution in [3.05, 3.63) is 23.8 Å². The maximum atomic E-state index is 11.8. The fourth-order valence-electron chi connectivity index (χ4n) is 1.53. The van der Waals surface area contributed by atoms with Crippen LogP contribution in [0.5, 0.6) is 0 Å². The molecule has 3 N–H and O–H groups in total. The van der Waals surface area contributed by atoms with Gasteiger partial charge in [-0.05, 0) is 31.7 Å². The Bertz CT molecular complexity index is 633. The van der Waals surface area contributed by atoms with Crippen LogP contribution < -0.4 is 15.4 Å². The molecule has 0 radical (unpaired) electrons. The van der Waals surface area contributed by atoms with Crippen LogP contribution in [-0.2, 0) is 14.8 Å². The van der Waals surface area contributed by atoms with Gasteiger partial charge in [0, 0.05) is 5.69 Å². The highest BCUT2D eigenvalue weighted by molar-refractivity contribution is 7.89. The van der Waals surface area contributed by atoms with Gasteiger partial charge in [0.1, 0.15) is 0 Å². The Hall–Kier alpha value is -1.88. The number of aryl methyl sites for hydroxylation is 1. The topological polar surface area (TPSA) is 87.3 Å².